The van der Waals surface area contributed by atoms with Crippen molar-refractivity contribution in [3.63, 3.8) is 0 Å². The number of rotatable bonds is 5. The van der Waals surface area contributed by atoms with Gasteiger partial charge in [-0.3, -0.25) is 9.59 Å². The van der Waals surface area contributed by atoms with Gasteiger partial charge in [0.25, 0.3) is 0 Å². The summed E-state index contributed by atoms with van der Waals surface area (Å²) in [6, 6.07) is 9.23. The molecule has 3 heteroatoms. The van der Waals surface area contributed by atoms with E-state index in [-0.39, 0.29) is 5.78 Å². The SMILES string of the molecule is CN[C@@H](Cc1ccccc1)C(=O)C(C)=O. The van der Waals surface area contributed by atoms with Crippen molar-refractivity contribution in [1.29, 1.82) is 0 Å². The first-order chi connectivity index (χ1) is 7.15. The zero-order chi connectivity index (χ0) is 11.3. The van der Waals surface area contributed by atoms with Crippen LogP contribution in [0.1, 0.15) is 12.5 Å². The molecular formula is C12H15NO2. The second-order valence-corrected chi connectivity index (χ2v) is 3.45. The molecule has 0 heterocycles. The van der Waals surface area contributed by atoms with Crippen molar-refractivity contribution in [2.24, 2.45) is 0 Å². The molecule has 0 saturated carbocycles. The maximum atomic E-state index is 11.5. The van der Waals surface area contributed by atoms with Crippen LogP contribution < -0.4 is 5.32 Å². The highest BCUT2D eigenvalue weighted by Crippen LogP contribution is 2.04. The minimum absolute atomic E-state index is 0.360. The Morgan fingerprint density at radius 1 is 1.27 bits per heavy atom. The minimum atomic E-state index is -0.412. The summed E-state index contributed by atoms with van der Waals surface area (Å²) >= 11 is 0. The standard InChI is InChI=1S/C12H15NO2/c1-9(14)12(15)11(13-2)8-10-6-4-3-5-7-10/h3-7,11,13H,8H2,1-2H3/t11-/m0/s1. The van der Waals surface area contributed by atoms with Gasteiger partial charge in [0, 0.05) is 6.92 Å². The molecule has 0 aliphatic carbocycles. The highest BCUT2D eigenvalue weighted by molar-refractivity contribution is 6.38. The smallest absolute Gasteiger partial charge is 0.215 e. The largest absolute Gasteiger partial charge is 0.310 e. The molecule has 1 N–H and O–H groups in total. The third kappa shape index (κ3) is 3.29. The Morgan fingerprint density at radius 3 is 2.33 bits per heavy atom. The summed E-state index contributed by atoms with van der Waals surface area (Å²) < 4.78 is 0. The third-order valence-corrected chi connectivity index (χ3v) is 2.29. The van der Waals surface area contributed by atoms with Crippen LogP contribution in [-0.2, 0) is 16.0 Å². The van der Waals surface area contributed by atoms with E-state index < -0.39 is 11.8 Å². The third-order valence-electron chi connectivity index (χ3n) is 2.29. The number of carbonyl (C=O) groups excluding carboxylic acids is 2. The van der Waals surface area contributed by atoms with Crippen molar-refractivity contribution in [3.8, 4) is 0 Å². The minimum Gasteiger partial charge on any atom is -0.310 e. The summed E-state index contributed by atoms with van der Waals surface area (Å²) in [5.74, 6) is -0.758. The molecule has 3 nitrogen and oxygen atoms in total. The van der Waals surface area contributed by atoms with Crippen molar-refractivity contribution in [2.75, 3.05) is 7.05 Å². The van der Waals surface area contributed by atoms with E-state index in [1.165, 1.54) is 6.92 Å². The monoisotopic (exact) mass is 205 g/mol. The topological polar surface area (TPSA) is 46.2 Å². The fourth-order valence-corrected chi connectivity index (χ4v) is 1.42. The van der Waals surface area contributed by atoms with Gasteiger partial charge < -0.3 is 5.32 Å². The summed E-state index contributed by atoms with van der Waals surface area (Å²) in [6.45, 7) is 1.30. The van der Waals surface area contributed by atoms with Gasteiger partial charge in [-0.25, -0.2) is 0 Å². The molecule has 15 heavy (non-hydrogen) atoms. The van der Waals surface area contributed by atoms with Crippen LogP contribution in [0.15, 0.2) is 30.3 Å². The number of carbonyl (C=O) groups is 2. The fraction of sp³-hybridized carbons (Fsp3) is 0.333. The summed E-state index contributed by atoms with van der Waals surface area (Å²) in [5.41, 5.74) is 1.05. The van der Waals surface area contributed by atoms with Gasteiger partial charge in [0.2, 0.25) is 5.78 Å². The molecule has 0 aliphatic heterocycles. The Hall–Kier alpha value is -1.48. The molecule has 0 aliphatic rings. The van der Waals surface area contributed by atoms with E-state index in [0.29, 0.717) is 6.42 Å². The molecule has 1 rings (SSSR count). The predicted octanol–water partition coefficient (Wildman–Crippen LogP) is 0.975. The summed E-state index contributed by atoms with van der Waals surface area (Å²) in [7, 11) is 1.69. The number of hydrogen-bond donors (Lipinski definition) is 1. The molecule has 0 spiro atoms. The van der Waals surface area contributed by atoms with Crippen molar-refractivity contribution < 1.29 is 9.59 Å². The Morgan fingerprint density at radius 2 is 1.87 bits per heavy atom. The van der Waals surface area contributed by atoms with Crippen molar-refractivity contribution in [1.82, 2.24) is 5.32 Å². The lowest BCUT2D eigenvalue weighted by Gasteiger charge is -2.12. The second kappa shape index (κ2) is 5.41. The van der Waals surface area contributed by atoms with E-state index in [1.54, 1.807) is 7.05 Å². The molecule has 1 aromatic carbocycles. The number of benzene rings is 1. The van der Waals surface area contributed by atoms with Crippen LogP contribution in [-0.4, -0.2) is 24.7 Å². The molecule has 0 saturated heterocycles. The second-order valence-electron chi connectivity index (χ2n) is 3.45. The summed E-state index contributed by atoms with van der Waals surface area (Å²) in [6.07, 6.45) is 0.551. The number of Topliss-reactive ketones (excluding diaryl/α,β-unsaturated/α-hetero) is 2. The van der Waals surface area contributed by atoms with Crippen molar-refractivity contribution >= 4 is 11.6 Å². The Kier molecular flexibility index (Phi) is 4.18. The van der Waals surface area contributed by atoms with Crippen LogP contribution in [0.2, 0.25) is 0 Å². The summed E-state index contributed by atoms with van der Waals surface area (Å²) in [5, 5.41) is 2.86. The molecule has 1 atom stereocenters. The highest BCUT2D eigenvalue weighted by Gasteiger charge is 2.20. The van der Waals surface area contributed by atoms with E-state index in [9.17, 15) is 9.59 Å². The normalized spacial score (nSPS) is 12.1. The number of ketones is 2. The molecule has 0 fully saturated rings. The summed E-state index contributed by atoms with van der Waals surface area (Å²) in [4.78, 5) is 22.4. The van der Waals surface area contributed by atoms with Gasteiger partial charge in [-0.1, -0.05) is 30.3 Å². The molecule has 0 unspecified atom stereocenters. The molecule has 80 valence electrons. The zero-order valence-corrected chi connectivity index (χ0v) is 8.99. The Balaban J connectivity index is 2.70. The van der Waals surface area contributed by atoms with E-state index in [0.717, 1.165) is 5.56 Å². The molecular weight excluding hydrogens is 190 g/mol. The number of likely N-dealkylation sites (N-methyl/N-ethyl adjacent to an activating group) is 1. The molecule has 0 aromatic heterocycles. The van der Waals surface area contributed by atoms with Gasteiger partial charge in [-0.05, 0) is 19.0 Å². The maximum absolute atomic E-state index is 11.5. The quantitative estimate of drug-likeness (QED) is 0.729. The first-order valence-electron chi connectivity index (χ1n) is 4.91. The van der Waals surface area contributed by atoms with Crippen LogP contribution in [0.5, 0.6) is 0 Å². The van der Waals surface area contributed by atoms with E-state index in [4.69, 9.17) is 0 Å². The van der Waals surface area contributed by atoms with Crippen LogP contribution >= 0.6 is 0 Å². The van der Waals surface area contributed by atoms with E-state index >= 15 is 0 Å². The Labute approximate surface area is 89.5 Å². The molecule has 0 amide bonds. The molecule has 0 bridgehead atoms. The number of nitrogens with one attached hydrogen (secondary N) is 1. The lowest BCUT2D eigenvalue weighted by molar-refractivity contribution is -0.136. The maximum Gasteiger partial charge on any atom is 0.215 e. The highest BCUT2D eigenvalue weighted by atomic mass is 16.2. The van der Waals surface area contributed by atoms with Crippen LogP contribution in [0.25, 0.3) is 0 Å². The fourth-order valence-electron chi connectivity index (χ4n) is 1.42. The van der Waals surface area contributed by atoms with Gasteiger partial charge in [-0.15, -0.1) is 0 Å². The lowest BCUT2D eigenvalue weighted by atomic mass is 10.0. The first kappa shape index (κ1) is 11.6. The van der Waals surface area contributed by atoms with Crippen LogP contribution in [0.3, 0.4) is 0 Å². The average Bonchev–Trinajstić information content (AvgIpc) is 2.26. The van der Waals surface area contributed by atoms with Gasteiger partial charge in [0.15, 0.2) is 5.78 Å². The van der Waals surface area contributed by atoms with E-state index in [1.807, 2.05) is 30.3 Å². The van der Waals surface area contributed by atoms with Crippen molar-refractivity contribution in [2.45, 2.75) is 19.4 Å². The lowest BCUT2D eigenvalue weighted by Crippen LogP contribution is -2.39. The predicted molar refractivity (Wildman–Crippen MR) is 58.7 cm³/mol. The van der Waals surface area contributed by atoms with Gasteiger partial charge >= 0.3 is 0 Å². The Bertz CT molecular complexity index is 346. The van der Waals surface area contributed by atoms with Gasteiger partial charge in [-0.2, -0.15) is 0 Å². The van der Waals surface area contributed by atoms with Crippen LogP contribution in [0.4, 0.5) is 0 Å². The van der Waals surface area contributed by atoms with Crippen molar-refractivity contribution in [3.05, 3.63) is 35.9 Å². The van der Waals surface area contributed by atoms with Crippen LogP contribution in [0, 0.1) is 0 Å². The number of hydrogen-bond acceptors (Lipinski definition) is 3. The zero-order valence-electron chi connectivity index (χ0n) is 8.99. The van der Waals surface area contributed by atoms with E-state index in [2.05, 4.69) is 5.32 Å². The molecule has 0 radical (unpaired) electrons. The van der Waals surface area contributed by atoms with Gasteiger partial charge in [0.05, 0.1) is 6.04 Å². The first-order valence-corrected chi connectivity index (χ1v) is 4.91. The molecule has 1 aromatic rings. The van der Waals surface area contributed by atoms with Gasteiger partial charge in [0.1, 0.15) is 0 Å². The average molecular weight is 205 g/mol.